The van der Waals surface area contributed by atoms with E-state index in [0.717, 1.165) is 6.42 Å². The van der Waals surface area contributed by atoms with E-state index in [2.05, 4.69) is 34.9 Å². The zero-order chi connectivity index (χ0) is 9.97. The zero-order valence-electron chi connectivity index (χ0n) is 8.88. The Morgan fingerprint density at radius 2 is 1.93 bits per heavy atom. The summed E-state index contributed by atoms with van der Waals surface area (Å²) in [6.07, 6.45) is 2.34. The van der Waals surface area contributed by atoms with Crippen LogP contribution >= 0.6 is 0 Å². The van der Waals surface area contributed by atoms with Crippen molar-refractivity contribution in [1.29, 1.82) is 0 Å². The van der Waals surface area contributed by atoms with Gasteiger partial charge < -0.3 is 10.6 Å². The highest BCUT2D eigenvalue weighted by Crippen LogP contribution is 2.29. The van der Waals surface area contributed by atoms with Gasteiger partial charge in [-0.2, -0.15) is 0 Å². The van der Waals surface area contributed by atoms with Gasteiger partial charge in [0.15, 0.2) is 0 Å². The Morgan fingerprint density at radius 3 is 2.64 bits per heavy atom. The third-order valence-electron chi connectivity index (χ3n) is 3.17. The van der Waals surface area contributed by atoms with Crippen LogP contribution in [-0.4, -0.2) is 20.1 Å². The van der Waals surface area contributed by atoms with Crippen molar-refractivity contribution in [3.63, 3.8) is 0 Å². The van der Waals surface area contributed by atoms with Crippen LogP contribution in [-0.2, 0) is 6.42 Å². The van der Waals surface area contributed by atoms with Gasteiger partial charge in [-0.05, 0) is 38.1 Å². The van der Waals surface area contributed by atoms with Crippen molar-refractivity contribution in [3.05, 3.63) is 35.4 Å². The molecule has 2 atom stereocenters. The molecule has 2 rings (SSSR count). The smallest absolute Gasteiger partial charge is 0.0335 e. The SMILES string of the molecule is CNC1Cc2ccccc2C(NC)C1. The second-order valence-electron chi connectivity index (χ2n) is 3.97. The number of fused-ring (bicyclic) bond motifs is 1. The van der Waals surface area contributed by atoms with Gasteiger partial charge in [0.2, 0.25) is 0 Å². The van der Waals surface area contributed by atoms with Crippen LogP contribution in [0, 0.1) is 0 Å². The second-order valence-corrected chi connectivity index (χ2v) is 3.97. The lowest BCUT2D eigenvalue weighted by Crippen LogP contribution is -2.37. The minimum Gasteiger partial charge on any atom is -0.317 e. The Morgan fingerprint density at radius 1 is 1.14 bits per heavy atom. The minimum atomic E-state index is 0.511. The number of rotatable bonds is 2. The summed E-state index contributed by atoms with van der Waals surface area (Å²) in [4.78, 5) is 0. The molecule has 0 spiro atoms. The highest BCUT2D eigenvalue weighted by molar-refractivity contribution is 5.33. The van der Waals surface area contributed by atoms with Crippen LogP contribution in [0.5, 0.6) is 0 Å². The largest absolute Gasteiger partial charge is 0.317 e. The Kier molecular flexibility index (Phi) is 2.85. The topological polar surface area (TPSA) is 24.1 Å². The fourth-order valence-corrected chi connectivity index (χ4v) is 2.31. The van der Waals surface area contributed by atoms with E-state index in [1.165, 1.54) is 17.5 Å². The van der Waals surface area contributed by atoms with E-state index in [0.29, 0.717) is 12.1 Å². The Hall–Kier alpha value is -0.860. The van der Waals surface area contributed by atoms with Gasteiger partial charge in [0.05, 0.1) is 0 Å². The molecule has 2 unspecified atom stereocenters. The Bertz CT molecular complexity index is 309. The molecule has 0 aliphatic heterocycles. The van der Waals surface area contributed by atoms with Crippen LogP contribution in [0.3, 0.4) is 0 Å². The summed E-state index contributed by atoms with van der Waals surface area (Å²) >= 11 is 0. The molecule has 2 nitrogen and oxygen atoms in total. The van der Waals surface area contributed by atoms with Gasteiger partial charge in [-0.25, -0.2) is 0 Å². The monoisotopic (exact) mass is 190 g/mol. The summed E-state index contributed by atoms with van der Waals surface area (Å²) in [6, 6.07) is 9.86. The highest BCUT2D eigenvalue weighted by atomic mass is 14.9. The fraction of sp³-hybridized carbons (Fsp3) is 0.500. The number of hydrogen-bond acceptors (Lipinski definition) is 2. The molecule has 14 heavy (non-hydrogen) atoms. The first-order chi connectivity index (χ1) is 6.85. The summed E-state index contributed by atoms with van der Waals surface area (Å²) in [5, 5.41) is 6.75. The number of nitrogens with one attached hydrogen (secondary N) is 2. The molecule has 0 saturated heterocycles. The molecule has 0 saturated carbocycles. The van der Waals surface area contributed by atoms with Crippen molar-refractivity contribution in [2.24, 2.45) is 0 Å². The predicted molar refractivity (Wildman–Crippen MR) is 59.4 cm³/mol. The lowest BCUT2D eigenvalue weighted by Gasteiger charge is -2.31. The molecule has 1 aromatic carbocycles. The van der Waals surface area contributed by atoms with E-state index in [-0.39, 0.29) is 0 Å². The molecule has 0 amide bonds. The third-order valence-corrected chi connectivity index (χ3v) is 3.17. The maximum atomic E-state index is 3.38. The van der Waals surface area contributed by atoms with Crippen molar-refractivity contribution < 1.29 is 0 Å². The van der Waals surface area contributed by atoms with Crippen molar-refractivity contribution in [1.82, 2.24) is 10.6 Å². The molecule has 0 bridgehead atoms. The first-order valence-electron chi connectivity index (χ1n) is 5.27. The van der Waals surface area contributed by atoms with Gasteiger partial charge >= 0.3 is 0 Å². The molecule has 1 aromatic rings. The summed E-state index contributed by atoms with van der Waals surface area (Å²) in [7, 11) is 4.09. The van der Waals surface area contributed by atoms with E-state index >= 15 is 0 Å². The molecule has 0 radical (unpaired) electrons. The van der Waals surface area contributed by atoms with Gasteiger partial charge in [-0.1, -0.05) is 24.3 Å². The van der Waals surface area contributed by atoms with Crippen molar-refractivity contribution >= 4 is 0 Å². The lowest BCUT2D eigenvalue weighted by atomic mass is 9.85. The molecule has 76 valence electrons. The van der Waals surface area contributed by atoms with Crippen molar-refractivity contribution in [2.75, 3.05) is 14.1 Å². The summed E-state index contributed by atoms with van der Waals surface area (Å²) in [6.45, 7) is 0. The molecular formula is C12H18N2. The first kappa shape index (κ1) is 9.69. The lowest BCUT2D eigenvalue weighted by molar-refractivity contribution is 0.406. The Balaban J connectivity index is 2.31. The first-order valence-corrected chi connectivity index (χ1v) is 5.27. The van der Waals surface area contributed by atoms with E-state index < -0.39 is 0 Å². The zero-order valence-corrected chi connectivity index (χ0v) is 8.88. The minimum absolute atomic E-state index is 0.511. The van der Waals surface area contributed by atoms with E-state index in [1.807, 2.05) is 14.1 Å². The predicted octanol–water partition coefficient (Wildman–Crippen LogP) is 1.48. The van der Waals surface area contributed by atoms with Gasteiger partial charge in [0, 0.05) is 12.1 Å². The average Bonchev–Trinajstić information content (AvgIpc) is 2.27. The molecule has 0 aromatic heterocycles. The van der Waals surface area contributed by atoms with Crippen LogP contribution in [0.25, 0.3) is 0 Å². The summed E-state index contributed by atoms with van der Waals surface area (Å²) < 4.78 is 0. The molecule has 0 fully saturated rings. The summed E-state index contributed by atoms with van der Waals surface area (Å²) in [5.41, 5.74) is 2.96. The van der Waals surface area contributed by atoms with Gasteiger partial charge in [0.25, 0.3) is 0 Å². The third kappa shape index (κ3) is 1.68. The van der Waals surface area contributed by atoms with Crippen LogP contribution in [0.2, 0.25) is 0 Å². The van der Waals surface area contributed by atoms with E-state index in [4.69, 9.17) is 0 Å². The fourth-order valence-electron chi connectivity index (χ4n) is 2.31. The summed E-state index contributed by atoms with van der Waals surface area (Å²) in [5.74, 6) is 0. The van der Waals surface area contributed by atoms with Crippen LogP contribution in [0.4, 0.5) is 0 Å². The number of benzene rings is 1. The number of hydrogen-bond donors (Lipinski definition) is 2. The molecule has 0 heterocycles. The molecule has 1 aliphatic rings. The second kappa shape index (κ2) is 4.11. The molecule has 2 heteroatoms. The quantitative estimate of drug-likeness (QED) is 0.738. The highest BCUT2D eigenvalue weighted by Gasteiger charge is 2.24. The standard InChI is InChI=1S/C12H18N2/c1-13-10-7-9-5-3-4-6-11(9)12(8-10)14-2/h3-6,10,12-14H,7-8H2,1-2H3. The number of likely N-dealkylation sites (N-methyl/N-ethyl adjacent to an activating group) is 1. The van der Waals surface area contributed by atoms with Crippen molar-refractivity contribution in [3.8, 4) is 0 Å². The molecule has 2 N–H and O–H groups in total. The van der Waals surface area contributed by atoms with Crippen LogP contribution in [0.15, 0.2) is 24.3 Å². The molecular weight excluding hydrogens is 172 g/mol. The van der Waals surface area contributed by atoms with Crippen molar-refractivity contribution in [2.45, 2.75) is 24.9 Å². The van der Waals surface area contributed by atoms with Gasteiger partial charge in [-0.15, -0.1) is 0 Å². The Labute approximate surface area is 85.7 Å². The van der Waals surface area contributed by atoms with E-state index in [1.54, 1.807) is 0 Å². The van der Waals surface area contributed by atoms with Crippen LogP contribution < -0.4 is 10.6 Å². The van der Waals surface area contributed by atoms with Gasteiger partial charge in [0.1, 0.15) is 0 Å². The molecule has 1 aliphatic carbocycles. The normalized spacial score (nSPS) is 25.9. The maximum Gasteiger partial charge on any atom is 0.0335 e. The maximum absolute atomic E-state index is 3.38. The van der Waals surface area contributed by atoms with Crippen LogP contribution in [0.1, 0.15) is 23.6 Å². The average molecular weight is 190 g/mol. The van der Waals surface area contributed by atoms with E-state index in [9.17, 15) is 0 Å². The van der Waals surface area contributed by atoms with Gasteiger partial charge in [-0.3, -0.25) is 0 Å².